The fraction of sp³-hybridized carbons (Fsp3) is 0.300. The molecule has 13 heavy (non-hydrogen) atoms. The van der Waals surface area contributed by atoms with E-state index in [1.54, 1.807) is 6.08 Å². The van der Waals surface area contributed by atoms with Crippen molar-refractivity contribution in [1.29, 1.82) is 0 Å². The molecule has 1 N–H and O–H groups in total. The van der Waals surface area contributed by atoms with Gasteiger partial charge in [0.25, 0.3) is 0 Å². The first-order valence-corrected chi connectivity index (χ1v) is 4.52. The van der Waals surface area contributed by atoms with Crippen molar-refractivity contribution in [3.05, 3.63) is 38.0 Å². The number of hydrogen-bond acceptors (Lipinski definition) is 1. The molecule has 3 heteroatoms. The molecule has 0 heterocycles. The van der Waals surface area contributed by atoms with Crippen LogP contribution < -0.4 is 5.32 Å². The topological polar surface area (TPSA) is 15.3 Å². The summed E-state index contributed by atoms with van der Waals surface area (Å²) in [5.74, 6) is 0. The van der Waals surface area contributed by atoms with Crippen LogP contribution in [0.3, 0.4) is 0 Å². The molecule has 0 aromatic carbocycles. The van der Waals surface area contributed by atoms with E-state index in [-0.39, 0.29) is 0 Å². The lowest BCUT2D eigenvalue weighted by molar-refractivity contribution is 0.505. The van der Waals surface area contributed by atoms with Gasteiger partial charge in [0.2, 0.25) is 0 Å². The maximum atomic E-state index is 5.14. The Bertz CT molecular complexity index is 189. The summed E-state index contributed by atoms with van der Waals surface area (Å²) >= 11 is 5.14. The van der Waals surface area contributed by atoms with Gasteiger partial charge in [0, 0.05) is 19.6 Å². The van der Waals surface area contributed by atoms with E-state index in [1.807, 2.05) is 17.1 Å². The largest absolute Gasteiger partial charge is 0.359 e. The normalized spacial score (nSPS) is 8.62. The molecule has 0 unspecified atom stereocenters. The number of thiocarbonyl (C=S) groups is 1. The van der Waals surface area contributed by atoms with E-state index >= 15 is 0 Å². The van der Waals surface area contributed by atoms with Crippen molar-refractivity contribution in [2.75, 3.05) is 19.6 Å². The summed E-state index contributed by atoms with van der Waals surface area (Å²) < 4.78 is 0. The van der Waals surface area contributed by atoms with E-state index in [0.717, 1.165) is 13.1 Å². The van der Waals surface area contributed by atoms with Gasteiger partial charge in [0.05, 0.1) is 0 Å². The third kappa shape index (κ3) is 5.20. The molecule has 0 fully saturated rings. The fourth-order valence-corrected chi connectivity index (χ4v) is 1.06. The highest BCUT2D eigenvalue weighted by Gasteiger charge is 2.03. The zero-order chi connectivity index (χ0) is 10.1. The molecule has 0 aliphatic heterocycles. The summed E-state index contributed by atoms with van der Waals surface area (Å²) in [5.41, 5.74) is 0. The van der Waals surface area contributed by atoms with Crippen molar-refractivity contribution in [3.8, 4) is 0 Å². The molecular weight excluding hydrogens is 180 g/mol. The minimum absolute atomic E-state index is 0.684. The Morgan fingerprint density at radius 2 is 1.69 bits per heavy atom. The second-order valence-corrected chi connectivity index (χ2v) is 2.84. The zero-order valence-corrected chi connectivity index (χ0v) is 8.65. The minimum atomic E-state index is 0.684. The van der Waals surface area contributed by atoms with E-state index < -0.39 is 0 Å². The predicted octanol–water partition coefficient (Wildman–Crippen LogP) is 1.72. The lowest BCUT2D eigenvalue weighted by atomic mass is 10.5. The van der Waals surface area contributed by atoms with Crippen LogP contribution in [0.25, 0.3) is 0 Å². The van der Waals surface area contributed by atoms with Crippen LogP contribution in [-0.4, -0.2) is 29.6 Å². The molecule has 0 aliphatic carbocycles. The van der Waals surface area contributed by atoms with Crippen molar-refractivity contribution in [2.24, 2.45) is 0 Å². The number of hydrogen-bond donors (Lipinski definition) is 1. The van der Waals surface area contributed by atoms with Gasteiger partial charge in [0.1, 0.15) is 0 Å². The smallest absolute Gasteiger partial charge is 0.169 e. The lowest BCUT2D eigenvalue weighted by Crippen LogP contribution is -2.39. The van der Waals surface area contributed by atoms with Gasteiger partial charge in [-0.05, 0) is 12.2 Å². The molecule has 72 valence electrons. The molecular formula is C10H16N2S. The van der Waals surface area contributed by atoms with Crippen molar-refractivity contribution < 1.29 is 0 Å². The van der Waals surface area contributed by atoms with Crippen molar-refractivity contribution >= 4 is 17.3 Å². The number of nitrogens with one attached hydrogen (secondary N) is 1. The summed E-state index contributed by atoms with van der Waals surface area (Å²) in [6, 6.07) is 0. The van der Waals surface area contributed by atoms with Gasteiger partial charge in [-0.3, -0.25) is 0 Å². The van der Waals surface area contributed by atoms with Gasteiger partial charge >= 0.3 is 0 Å². The molecule has 0 atom stereocenters. The summed E-state index contributed by atoms with van der Waals surface area (Å²) in [6.07, 6.45) is 5.39. The van der Waals surface area contributed by atoms with Crippen LogP contribution in [-0.2, 0) is 0 Å². The van der Waals surface area contributed by atoms with Gasteiger partial charge in [-0.15, -0.1) is 19.7 Å². The molecule has 0 aromatic heterocycles. The highest BCUT2D eigenvalue weighted by molar-refractivity contribution is 7.80. The lowest BCUT2D eigenvalue weighted by Gasteiger charge is -2.22. The van der Waals surface area contributed by atoms with Crippen LogP contribution in [0.15, 0.2) is 38.0 Å². The Hall–Kier alpha value is -1.09. The average molecular weight is 196 g/mol. The molecule has 0 aromatic rings. The average Bonchev–Trinajstić information content (AvgIpc) is 2.14. The quantitative estimate of drug-likeness (QED) is 0.514. The Morgan fingerprint density at radius 1 is 1.15 bits per heavy atom. The van der Waals surface area contributed by atoms with E-state index in [1.165, 1.54) is 0 Å². The summed E-state index contributed by atoms with van der Waals surface area (Å²) in [7, 11) is 0. The molecule has 2 nitrogen and oxygen atoms in total. The van der Waals surface area contributed by atoms with Gasteiger partial charge in [0.15, 0.2) is 5.11 Å². The SMILES string of the molecule is C=CCNC(=S)N(CC=C)CC=C. The van der Waals surface area contributed by atoms with Crippen molar-refractivity contribution in [1.82, 2.24) is 10.2 Å². The van der Waals surface area contributed by atoms with E-state index in [2.05, 4.69) is 25.1 Å². The summed E-state index contributed by atoms with van der Waals surface area (Å²) in [4.78, 5) is 1.97. The Kier molecular flexibility index (Phi) is 6.92. The molecule has 0 amide bonds. The first-order chi connectivity index (χ1) is 6.26. The molecule has 0 saturated carbocycles. The van der Waals surface area contributed by atoms with Crippen LogP contribution in [0.5, 0.6) is 0 Å². The van der Waals surface area contributed by atoms with Crippen molar-refractivity contribution in [2.45, 2.75) is 0 Å². The molecule has 0 radical (unpaired) electrons. The highest BCUT2D eigenvalue weighted by atomic mass is 32.1. The molecule has 0 bridgehead atoms. The van der Waals surface area contributed by atoms with Crippen LogP contribution in [0.1, 0.15) is 0 Å². The van der Waals surface area contributed by atoms with Gasteiger partial charge in [-0.2, -0.15) is 0 Å². The molecule has 0 saturated heterocycles. The summed E-state index contributed by atoms with van der Waals surface area (Å²) in [5, 5.41) is 3.75. The monoisotopic (exact) mass is 196 g/mol. The van der Waals surface area contributed by atoms with Gasteiger partial charge < -0.3 is 10.2 Å². The Labute approximate surface area is 85.6 Å². The predicted molar refractivity (Wildman–Crippen MR) is 62.8 cm³/mol. The van der Waals surface area contributed by atoms with E-state index in [4.69, 9.17) is 12.2 Å². The first kappa shape index (κ1) is 11.9. The molecule has 0 aliphatic rings. The third-order valence-electron chi connectivity index (χ3n) is 1.38. The molecule has 0 spiro atoms. The second kappa shape index (κ2) is 7.55. The maximum Gasteiger partial charge on any atom is 0.169 e. The van der Waals surface area contributed by atoms with Crippen LogP contribution in [0.2, 0.25) is 0 Å². The number of nitrogens with zero attached hydrogens (tertiary/aromatic N) is 1. The third-order valence-corrected chi connectivity index (χ3v) is 1.79. The number of rotatable bonds is 6. The van der Waals surface area contributed by atoms with Gasteiger partial charge in [-0.1, -0.05) is 18.2 Å². The molecule has 0 rings (SSSR count). The Balaban J connectivity index is 4.00. The summed E-state index contributed by atoms with van der Waals surface area (Å²) in [6.45, 7) is 13.1. The fourth-order valence-electron chi connectivity index (χ4n) is 0.823. The van der Waals surface area contributed by atoms with Crippen LogP contribution in [0, 0.1) is 0 Å². The standard InChI is InChI=1S/C10H16N2S/c1-4-7-11-10(13)12(8-5-2)9-6-3/h4-6H,1-3,7-9H2,(H,11,13). The Morgan fingerprint density at radius 3 is 2.08 bits per heavy atom. The highest BCUT2D eigenvalue weighted by Crippen LogP contribution is 1.90. The minimum Gasteiger partial charge on any atom is -0.359 e. The van der Waals surface area contributed by atoms with Crippen LogP contribution in [0.4, 0.5) is 0 Å². The zero-order valence-electron chi connectivity index (χ0n) is 7.83. The second-order valence-electron chi connectivity index (χ2n) is 2.46. The van der Waals surface area contributed by atoms with Crippen LogP contribution >= 0.6 is 12.2 Å². The van der Waals surface area contributed by atoms with Gasteiger partial charge in [-0.25, -0.2) is 0 Å². The van der Waals surface area contributed by atoms with E-state index in [0.29, 0.717) is 11.7 Å². The van der Waals surface area contributed by atoms with E-state index in [9.17, 15) is 0 Å². The first-order valence-electron chi connectivity index (χ1n) is 4.11. The maximum absolute atomic E-state index is 5.14. The van der Waals surface area contributed by atoms with Crippen molar-refractivity contribution in [3.63, 3.8) is 0 Å².